The summed E-state index contributed by atoms with van der Waals surface area (Å²) in [5, 5.41) is 12.3. The Kier molecular flexibility index (Phi) is 6.43. The average Bonchev–Trinajstić information content (AvgIpc) is 2.42. The van der Waals surface area contributed by atoms with Crippen LogP contribution in [0.1, 0.15) is 32.3 Å². The molecule has 0 saturated carbocycles. The first kappa shape index (κ1) is 14.7. The Morgan fingerprint density at radius 3 is 2.61 bits per heavy atom. The number of anilines is 2. The van der Waals surface area contributed by atoms with Crippen molar-refractivity contribution < 1.29 is 5.11 Å². The van der Waals surface area contributed by atoms with E-state index in [0.29, 0.717) is 6.54 Å². The fraction of sp³-hybridized carbons (Fsp3) is 0.692. The van der Waals surface area contributed by atoms with Crippen LogP contribution in [0.3, 0.4) is 0 Å². The van der Waals surface area contributed by atoms with Gasteiger partial charge in [-0.1, -0.05) is 20.3 Å². The van der Waals surface area contributed by atoms with E-state index in [4.69, 9.17) is 0 Å². The molecule has 0 fully saturated rings. The second-order valence-corrected chi connectivity index (χ2v) is 4.19. The highest BCUT2D eigenvalue weighted by molar-refractivity contribution is 5.58. The maximum atomic E-state index is 9.19. The van der Waals surface area contributed by atoms with Crippen molar-refractivity contribution in [3.8, 4) is 0 Å². The summed E-state index contributed by atoms with van der Waals surface area (Å²) in [6.07, 6.45) is 4.69. The van der Waals surface area contributed by atoms with Gasteiger partial charge in [0.05, 0.1) is 6.61 Å². The number of nitrogens with one attached hydrogen (secondary N) is 1. The highest BCUT2D eigenvalue weighted by Crippen LogP contribution is 2.23. The van der Waals surface area contributed by atoms with Gasteiger partial charge in [0.25, 0.3) is 0 Å². The van der Waals surface area contributed by atoms with Gasteiger partial charge < -0.3 is 15.3 Å². The number of aliphatic hydroxyl groups is 1. The van der Waals surface area contributed by atoms with Crippen LogP contribution in [0.15, 0.2) is 6.33 Å². The van der Waals surface area contributed by atoms with Crippen LogP contribution in [0, 0.1) is 0 Å². The summed E-state index contributed by atoms with van der Waals surface area (Å²) >= 11 is 0. The van der Waals surface area contributed by atoms with E-state index in [2.05, 4.69) is 34.0 Å². The molecule has 2 N–H and O–H groups in total. The Morgan fingerprint density at radius 1 is 1.28 bits per heavy atom. The second-order valence-electron chi connectivity index (χ2n) is 4.19. The maximum Gasteiger partial charge on any atom is 0.137 e. The molecule has 0 aliphatic heterocycles. The molecule has 0 radical (unpaired) electrons. The second kappa shape index (κ2) is 7.87. The van der Waals surface area contributed by atoms with E-state index in [9.17, 15) is 5.11 Å². The zero-order valence-corrected chi connectivity index (χ0v) is 11.6. The van der Waals surface area contributed by atoms with Gasteiger partial charge in [-0.2, -0.15) is 0 Å². The van der Waals surface area contributed by atoms with Crippen molar-refractivity contribution in [2.24, 2.45) is 0 Å². The number of aromatic nitrogens is 2. The first-order valence-electron chi connectivity index (χ1n) is 6.65. The maximum absolute atomic E-state index is 9.19. The minimum absolute atomic E-state index is 0.145. The lowest BCUT2D eigenvalue weighted by atomic mass is 10.2. The normalized spacial score (nSPS) is 10.4. The van der Waals surface area contributed by atoms with E-state index in [1.54, 1.807) is 6.33 Å². The molecule has 5 nitrogen and oxygen atoms in total. The summed E-state index contributed by atoms with van der Waals surface area (Å²) in [5.41, 5.74) is 1.12. The highest BCUT2D eigenvalue weighted by Gasteiger charge is 2.14. The number of unbranched alkanes of at least 4 members (excludes halogenated alkanes) is 1. The molecular formula is C13H24N4O. The molecule has 1 rings (SSSR count). The fourth-order valence-corrected chi connectivity index (χ4v) is 2.01. The Balaban J connectivity index is 3.01. The topological polar surface area (TPSA) is 61.3 Å². The molecule has 1 aromatic rings. The van der Waals surface area contributed by atoms with E-state index < -0.39 is 0 Å². The Hall–Kier alpha value is -1.36. The number of rotatable bonds is 8. The Labute approximate surface area is 109 Å². The average molecular weight is 252 g/mol. The molecule has 0 saturated heterocycles. The van der Waals surface area contributed by atoms with Crippen molar-refractivity contribution in [3.63, 3.8) is 0 Å². The van der Waals surface area contributed by atoms with Gasteiger partial charge in [0.2, 0.25) is 0 Å². The zero-order valence-electron chi connectivity index (χ0n) is 11.6. The SMILES string of the molecule is CCCCN(CCO)c1ncnc(NC)c1CC. The first-order chi connectivity index (χ1) is 8.78. The predicted octanol–water partition coefficient (Wildman–Crippen LogP) is 1.68. The van der Waals surface area contributed by atoms with Crippen molar-refractivity contribution in [2.75, 3.05) is 37.0 Å². The van der Waals surface area contributed by atoms with Crippen LogP contribution in [-0.2, 0) is 6.42 Å². The van der Waals surface area contributed by atoms with Crippen molar-refractivity contribution >= 4 is 11.6 Å². The van der Waals surface area contributed by atoms with Gasteiger partial charge in [0, 0.05) is 25.7 Å². The molecule has 0 amide bonds. The predicted molar refractivity (Wildman–Crippen MR) is 75.2 cm³/mol. The Morgan fingerprint density at radius 2 is 2.06 bits per heavy atom. The van der Waals surface area contributed by atoms with E-state index in [-0.39, 0.29) is 6.61 Å². The summed E-state index contributed by atoms with van der Waals surface area (Å²) in [5.74, 6) is 1.82. The minimum Gasteiger partial charge on any atom is -0.395 e. The van der Waals surface area contributed by atoms with E-state index in [1.807, 2.05) is 7.05 Å². The highest BCUT2D eigenvalue weighted by atomic mass is 16.3. The van der Waals surface area contributed by atoms with Crippen molar-refractivity contribution in [2.45, 2.75) is 33.1 Å². The largest absolute Gasteiger partial charge is 0.395 e. The number of hydrogen-bond donors (Lipinski definition) is 2. The molecule has 1 aromatic heterocycles. The van der Waals surface area contributed by atoms with Gasteiger partial charge in [-0.3, -0.25) is 0 Å². The van der Waals surface area contributed by atoms with Crippen molar-refractivity contribution in [1.29, 1.82) is 0 Å². The minimum atomic E-state index is 0.145. The smallest absolute Gasteiger partial charge is 0.137 e. The molecule has 102 valence electrons. The van der Waals surface area contributed by atoms with Crippen LogP contribution in [0.25, 0.3) is 0 Å². The van der Waals surface area contributed by atoms with Gasteiger partial charge in [-0.05, 0) is 12.8 Å². The third kappa shape index (κ3) is 3.57. The summed E-state index contributed by atoms with van der Waals surface area (Å²) < 4.78 is 0. The van der Waals surface area contributed by atoms with Crippen LogP contribution in [0.4, 0.5) is 11.6 Å². The van der Waals surface area contributed by atoms with Gasteiger partial charge in [-0.15, -0.1) is 0 Å². The quantitative estimate of drug-likeness (QED) is 0.737. The Bertz CT molecular complexity index is 357. The lowest BCUT2D eigenvalue weighted by molar-refractivity contribution is 0.301. The molecule has 18 heavy (non-hydrogen) atoms. The molecule has 0 aromatic carbocycles. The fourth-order valence-electron chi connectivity index (χ4n) is 2.01. The van der Waals surface area contributed by atoms with E-state index in [1.165, 1.54) is 0 Å². The van der Waals surface area contributed by atoms with Crippen LogP contribution in [0.5, 0.6) is 0 Å². The first-order valence-corrected chi connectivity index (χ1v) is 6.65. The molecule has 0 aliphatic rings. The van der Waals surface area contributed by atoms with E-state index in [0.717, 1.165) is 43.0 Å². The number of aliphatic hydroxyl groups excluding tert-OH is 1. The van der Waals surface area contributed by atoms with Crippen LogP contribution >= 0.6 is 0 Å². The lowest BCUT2D eigenvalue weighted by Gasteiger charge is -2.25. The molecular weight excluding hydrogens is 228 g/mol. The van der Waals surface area contributed by atoms with Crippen molar-refractivity contribution in [3.05, 3.63) is 11.9 Å². The summed E-state index contributed by atoms with van der Waals surface area (Å²) in [6.45, 7) is 5.94. The molecule has 0 spiro atoms. The third-order valence-corrected chi connectivity index (χ3v) is 2.96. The van der Waals surface area contributed by atoms with Crippen molar-refractivity contribution in [1.82, 2.24) is 9.97 Å². The molecule has 1 heterocycles. The lowest BCUT2D eigenvalue weighted by Crippen LogP contribution is -2.30. The standard InChI is InChI=1S/C13H24N4O/c1-4-6-7-17(8-9-18)13-11(5-2)12(14-3)15-10-16-13/h10,18H,4-9H2,1-3H3,(H,14,15,16). The van der Waals surface area contributed by atoms with Gasteiger partial charge in [0.1, 0.15) is 18.0 Å². The molecule has 0 unspecified atom stereocenters. The van der Waals surface area contributed by atoms with Gasteiger partial charge in [0.15, 0.2) is 0 Å². The zero-order chi connectivity index (χ0) is 13.4. The van der Waals surface area contributed by atoms with E-state index >= 15 is 0 Å². The molecule has 0 atom stereocenters. The monoisotopic (exact) mass is 252 g/mol. The van der Waals surface area contributed by atoms with Gasteiger partial charge in [-0.25, -0.2) is 9.97 Å². The van der Waals surface area contributed by atoms with Crippen LogP contribution in [0.2, 0.25) is 0 Å². The molecule has 0 aliphatic carbocycles. The van der Waals surface area contributed by atoms with Crippen LogP contribution in [-0.4, -0.2) is 41.8 Å². The molecule has 5 heteroatoms. The third-order valence-electron chi connectivity index (χ3n) is 2.96. The van der Waals surface area contributed by atoms with Crippen LogP contribution < -0.4 is 10.2 Å². The summed E-state index contributed by atoms with van der Waals surface area (Å²) in [4.78, 5) is 10.8. The number of hydrogen-bond acceptors (Lipinski definition) is 5. The summed E-state index contributed by atoms with van der Waals surface area (Å²) in [6, 6.07) is 0. The molecule has 0 bridgehead atoms. The summed E-state index contributed by atoms with van der Waals surface area (Å²) in [7, 11) is 1.87. The number of nitrogens with zero attached hydrogens (tertiary/aromatic N) is 3. The van der Waals surface area contributed by atoms with Gasteiger partial charge >= 0.3 is 0 Å².